The lowest BCUT2D eigenvalue weighted by atomic mass is 10.1. The highest BCUT2D eigenvalue weighted by atomic mass is 79.9. The Balaban J connectivity index is 2.29. The Hall–Kier alpha value is -1.75. The fraction of sp³-hybridized carbons (Fsp3) is 0. The van der Waals surface area contributed by atoms with Crippen LogP contribution in [0.3, 0.4) is 0 Å². The number of halogens is 1. The third-order valence-corrected chi connectivity index (χ3v) is 2.85. The summed E-state index contributed by atoms with van der Waals surface area (Å²) in [6.07, 6.45) is 5.02. The zero-order chi connectivity index (χ0) is 11.0. The van der Waals surface area contributed by atoms with Crippen LogP contribution in [-0.4, -0.2) is 20.2 Å². The Labute approximate surface area is 99.9 Å². The lowest BCUT2D eigenvalue weighted by Crippen LogP contribution is -1.82. The summed E-state index contributed by atoms with van der Waals surface area (Å²) in [6, 6.07) is 5.99. The summed E-state index contributed by atoms with van der Waals surface area (Å²) in [6.45, 7) is 0. The molecule has 5 heteroatoms. The Morgan fingerprint density at radius 2 is 1.94 bits per heavy atom. The highest BCUT2D eigenvalue weighted by Crippen LogP contribution is 2.27. The van der Waals surface area contributed by atoms with Crippen molar-refractivity contribution in [2.24, 2.45) is 0 Å². The maximum Gasteiger partial charge on any atom is 0.115 e. The Morgan fingerprint density at radius 1 is 1.12 bits per heavy atom. The molecular formula is C11H7BrN4. The average molecular weight is 275 g/mol. The summed E-state index contributed by atoms with van der Waals surface area (Å²) in [5.41, 5.74) is 2.78. The lowest BCUT2D eigenvalue weighted by molar-refractivity contribution is 1.11. The number of nitrogens with one attached hydrogen (secondary N) is 1. The second-order valence-corrected chi connectivity index (χ2v) is 4.30. The zero-order valence-corrected chi connectivity index (χ0v) is 9.77. The Bertz CT molecular complexity index is 633. The Kier molecular flexibility index (Phi) is 2.18. The van der Waals surface area contributed by atoms with Crippen LogP contribution in [0.2, 0.25) is 0 Å². The molecular weight excluding hydrogens is 268 g/mol. The van der Waals surface area contributed by atoms with Crippen molar-refractivity contribution in [3.63, 3.8) is 0 Å². The van der Waals surface area contributed by atoms with Gasteiger partial charge in [0.05, 0.1) is 5.52 Å². The molecule has 0 saturated carbocycles. The second kappa shape index (κ2) is 3.68. The summed E-state index contributed by atoms with van der Waals surface area (Å²) < 4.78 is 1.03. The highest BCUT2D eigenvalue weighted by molar-refractivity contribution is 9.10. The molecule has 1 N–H and O–H groups in total. The second-order valence-electron chi connectivity index (χ2n) is 3.39. The van der Waals surface area contributed by atoms with Crippen LogP contribution in [0, 0.1) is 0 Å². The SMILES string of the molecule is Brc1ccc2[nH]nc(-c3cncnc3)c2c1. The topological polar surface area (TPSA) is 54.5 Å². The van der Waals surface area contributed by atoms with Crippen molar-refractivity contribution < 1.29 is 0 Å². The van der Waals surface area contributed by atoms with Crippen molar-refractivity contribution in [3.8, 4) is 11.3 Å². The van der Waals surface area contributed by atoms with Gasteiger partial charge in [-0.05, 0) is 18.2 Å². The molecule has 16 heavy (non-hydrogen) atoms. The molecule has 0 saturated heterocycles. The highest BCUT2D eigenvalue weighted by Gasteiger charge is 2.08. The van der Waals surface area contributed by atoms with E-state index in [1.54, 1.807) is 12.4 Å². The van der Waals surface area contributed by atoms with E-state index in [1.807, 2.05) is 18.2 Å². The molecule has 0 radical (unpaired) electrons. The fourth-order valence-corrected chi connectivity index (χ4v) is 1.99. The van der Waals surface area contributed by atoms with Gasteiger partial charge in [-0.3, -0.25) is 5.10 Å². The minimum atomic E-state index is 0.872. The normalized spacial score (nSPS) is 10.8. The summed E-state index contributed by atoms with van der Waals surface area (Å²) in [5.74, 6) is 0. The average Bonchev–Trinajstić information content (AvgIpc) is 2.73. The largest absolute Gasteiger partial charge is 0.277 e. The number of H-pyrrole nitrogens is 1. The van der Waals surface area contributed by atoms with E-state index in [0.717, 1.165) is 26.6 Å². The van der Waals surface area contributed by atoms with Crippen LogP contribution < -0.4 is 0 Å². The predicted octanol–water partition coefficient (Wildman–Crippen LogP) is 2.78. The van der Waals surface area contributed by atoms with Gasteiger partial charge in [-0.1, -0.05) is 15.9 Å². The van der Waals surface area contributed by atoms with Crippen LogP contribution in [-0.2, 0) is 0 Å². The van der Waals surface area contributed by atoms with Crippen molar-refractivity contribution in [2.75, 3.05) is 0 Å². The smallest absolute Gasteiger partial charge is 0.115 e. The van der Waals surface area contributed by atoms with E-state index in [9.17, 15) is 0 Å². The Morgan fingerprint density at radius 3 is 2.75 bits per heavy atom. The molecule has 2 heterocycles. The van der Waals surface area contributed by atoms with E-state index in [1.165, 1.54) is 6.33 Å². The van der Waals surface area contributed by atoms with Crippen molar-refractivity contribution in [1.29, 1.82) is 0 Å². The van der Waals surface area contributed by atoms with Gasteiger partial charge in [0.15, 0.2) is 0 Å². The number of aromatic nitrogens is 4. The molecule has 0 aliphatic heterocycles. The van der Waals surface area contributed by atoms with E-state index in [0.29, 0.717) is 0 Å². The number of benzene rings is 1. The molecule has 0 amide bonds. The fourth-order valence-electron chi connectivity index (χ4n) is 1.63. The maximum atomic E-state index is 4.28. The molecule has 3 rings (SSSR count). The van der Waals surface area contributed by atoms with E-state index in [2.05, 4.69) is 36.1 Å². The number of rotatable bonds is 1. The summed E-state index contributed by atoms with van der Waals surface area (Å²) in [4.78, 5) is 7.99. The molecule has 4 nitrogen and oxygen atoms in total. The van der Waals surface area contributed by atoms with Crippen LogP contribution in [0.5, 0.6) is 0 Å². The van der Waals surface area contributed by atoms with Crippen LogP contribution in [0.4, 0.5) is 0 Å². The maximum absolute atomic E-state index is 4.28. The van der Waals surface area contributed by atoms with Crippen LogP contribution in [0.1, 0.15) is 0 Å². The van der Waals surface area contributed by atoms with Gasteiger partial charge in [0, 0.05) is 27.8 Å². The number of hydrogen-bond acceptors (Lipinski definition) is 3. The van der Waals surface area contributed by atoms with Gasteiger partial charge in [0.25, 0.3) is 0 Å². The molecule has 0 aliphatic carbocycles. The molecule has 0 aliphatic rings. The minimum Gasteiger partial charge on any atom is -0.277 e. The summed E-state index contributed by atoms with van der Waals surface area (Å²) in [7, 11) is 0. The van der Waals surface area contributed by atoms with E-state index < -0.39 is 0 Å². The minimum absolute atomic E-state index is 0.872. The zero-order valence-electron chi connectivity index (χ0n) is 8.18. The van der Waals surface area contributed by atoms with Crippen LogP contribution in [0.25, 0.3) is 22.2 Å². The number of fused-ring (bicyclic) bond motifs is 1. The first-order valence-electron chi connectivity index (χ1n) is 4.73. The third-order valence-electron chi connectivity index (χ3n) is 2.36. The van der Waals surface area contributed by atoms with Gasteiger partial charge in [-0.25, -0.2) is 9.97 Å². The van der Waals surface area contributed by atoms with Crippen molar-refractivity contribution in [1.82, 2.24) is 20.2 Å². The number of nitrogens with zero attached hydrogens (tertiary/aromatic N) is 3. The molecule has 2 aromatic heterocycles. The van der Waals surface area contributed by atoms with Crippen LogP contribution >= 0.6 is 15.9 Å². The van der Waals surface area contributed by atoms with Crippen LogP contribution in [0.15, 0.2) is 41.4 Å². The first-order chi connectivity index (χ1) is 7.84. The van der Waals surface area contributed by atoms with Crippen molar-refractivity contribution in [2.45, 2.75) is 0 Å². The van der Waals surface area contributed by atoms with Gasteiger partial charge >= 0.3 is 0 Å². The first kappa shape index (κ1) is 9.47. The molecule has 78 valence electrons. The molecule has 0 unspecified atom stereocenters. The number of aromatic amines is 1. The quantitative estimate of drug-likeness (QED) is 0.743. The van der Waals surface area contributed by atoms with Gasteiger partial charge in [-0.15, -0.1) is 0 Å². The van der Waals surface area contributed by atoms with E-state index in [4.69, 9.17) is 0 Å². The van der Waals surface area contributed by atoms with Gasteiger partial charge in [0.1, 0.15) is 12.0 Å². The predicted molar refractivity (Wildman–Crippen MR) is 64.8 cm³/mol. The van der Waals surface area contributed by atoms with Gasteiger partial charge < -0.3 is 0 Å². The molecule has 0 spiro atoms. The van der Waals surface area contributed by atoms with Crippen molar-refractivity contribution >= 4 is 26.8 Å². The molecule has 1 aromatic carbocycles. The van der Waals surface area contributed by atoms with E-state index >= 15 is 0 Å². The van der Waals surface area contributed by atoms with Gasteiger partial charge in [0.2, 0.25) is 0 Å². The molecule has 3 aromatic rings. The lowest BCUT2D eigenvalue weighted by Gasteiger charge is -1.96. The first-order valence-corrected chi connectivity index (χ1v) is 5.53. The van der Waals surface area contributed by atoms with Gasteiger partial charge in [-0.2, -0.15) is 5.10 Å². The van der Waals surface area contributed by atoms with Crippen molar-refractivity contribution in [3.05, 3.63) is 41.4 Å². The molecule has 0 atom stereocenters. The number of hydrogen-bond donors (Lipinski definition) is 1. The summed E-state index contributed by atoms with van der Waals surface area (Å²) >= 11 is 3.45. The molecule has 0 fully saturated rings. The standard InChI is InChI=1S/C11H7BrN4/c12-8-1-2-10-9(3-8)11(16-15-10)7-4-13-6-14-5-7/h1-6H,(H,15,16). The van der Waals surface area contributed by atoms with E-state index in [-0.39, 0.29) is 0 Å². The third kappa shape index (κ3) is 1.49. The summed E-state index contributed by atoms with van der Waals surface area (Å²) in [5, 5.41) is 8.33. The monoisotopic (exact) mass is 274 g/mol. The molecule has 0 bridgehead atoms.